The van der Waals surface area contributed by atoms with E-state index >= 15 is 0 Å². The van der Waals surface area contributed by atoms with Crippen molar-refractivity contribution in [3.8, 4) is 0 Å². The van der Waals surface area contributed by atoms with Gasteiger partial charge >= 0.3 is 0 Å². The highest BCUT2D eigenvalue weighted by Gasteiger charge is 2.27. The monoisotopic (exact) mass is 330 g/mol. The average molecular weight is 330 g/mol. The predicted molar refractivity (Wildman–Crippen MR) is 90.0 cm³/mol. The van der Waals surface area contributed by atoms with E-state index in [2.05, 4.69) is 36.6 Å². The quantitative estimate of drug-likeness (QED) is 0.885. The lowest BCUT2D eigenvalue weighted by atomic mass is 10.1. The van der Waals surface area contributed by atoms with Gasteiger partial charge in [-0.05, 0) is 41.1 Å². The van der Waals surface area contributed by atoms with E-state index in [0.717, 1.165) is 19.6 Å². The first-order valence-corrected chi connectivity index (χ1v) is 9.23. The molecule has 0 bridgehead atoms. The summed E-state index contributed by atoms with van der Waals surface area (Å²) >= 11 is 1.74. The number of aromatic nitrogens is 2. The topological polar surface area (TPSA) is 50.2 Å². The molecule has 4 rings (SSSR count). The van der Waals surface area contributed by atoms with E-state index in [1.807, 2.05) is 12.5 Å². The van der Waals surface area contributed by atoms with Crippen LogP contribution >= 0.6 is 11.3 Å². The third-order valence-corrected chi connectivity index (χ3v) is 5.42. The van der Waals surface area contributed by atoms with Crippen LogP contribution in [0.2, 0.25) is 0 Å². The molecular weight excluding hydrogens is 308 g/mol. The van der Waals surface area contributed by atoms with Crippen LogP contribution < -0.4 is 5.32 Å². The first-order valence-electron chi connectivity index (χ1n) is 8.29. The van der Waals surface area contributed by atoms with E-state index in [9.17, 15) is 4.79 Å². The van der Waals surface area contributed by atoms with Crippen LogP contribution in [0, 0.1) is 5.92 Å². The fraction of sp³-hybridized carbons (Fsp3) is 0.529. The lowest BCUT2D eigenvalue weighted by Crippen LogP contribution is -2.42. The van der Waals surface area contributed by atoms with Gasteiger partial charge in [-0.15, -0.1) is 0 Å². The van der Waals surface area contributed by atoms with Crippen molar-refractivity contribution in [1.82, 2.24) is 19.8 Å². The van der Waals surface area contributed by atoms with Gasteiger partial charge in [-0.1, -0.05) is 0 Å². The molecule has 1 saturated carbocycles. The van der Waals surface area contributed by atoms with E-state index in [1.54, 1.807) is 11.3 Å². The smallest absolute Gasteiger partial charge is 0.220 e. The van der Waals surface area contributed by atoms with Crippen LogP contribution in [0.1, 0.15) is 36.6 Å². The molecule has 1 amide bonds. The number of amides is 1. The highest BCUT2D eigenvalue weighted by molar-refractivity contribution is 7.07. The van der Waals surface area contributed by atoms with Gasteiger partial charge in [0, 0.05) is 38.8 Å². The second-order valence-electron chi connectivity index (χ2n) is 6.70. The molecule has 2 aliphatic rings. The number of carbonyl (C=O) groups is 1. The minimum Gasteiger partial charge on any atom is -0.354 e. The molecule has 5 nitrogen and oxygen atoms in total. The third kappa shape index (κ3) is 3.64. The zero-order chi connectivity index (χ0) is 15.6. The van der Waals surface area contributed by atoms with Crippen molar-refractivity contribution in [1.29, 1.82) is 0 Å². The molecule has 1 aliphatic carbocycles. The summed E-state index contributed by atoms with van der Waals surface area (Å²) < 4.78 is 2.22. The Morgan fingerprint density at radius 1 is 1.43 bits per heavy atom. The number of hydrogen-bond acceptors (Lipinski definition) is 4. The number of nitrogens with one attached hydrogen (secondary N) is 1. The average Bonchev–Trinajstić information content (AvgIpc) is 3.02. The molecule has 6 heteroatoms. The molecule has 1 N–H and O–H groups in total. The van der Waals surface area contributed by atoms with E-state index < -0.39 is 0 Å². The van der Waals surface area contributed by atoms with E-state index in [4.69, 9.17) is 0 Å². The van der Waals surface area contributed by atoms with Crippen molar-refractivity contribution in [2.75, 3.05) is 13.1 Å². The molecule has 1 unspecified atom stereocenters. The Morgan fingerprint density at radius 3 is 3.13 bits per heavy atom. The zero-order valence-corrected chi connectivity index (χ0v) is 14.0. The van der Waals surface area contributed by atoms with Crippen LogP contribution in [-0.4, -0.2) is 33.4 Å². The molecule has 1 aliphatic heterocycles. The van der Waals surface area contributed by atoms with Gasteiger partial charge in [0.1, 0.15) is 0 Å². The first-order chi connectivity index (χ1) is 11.3. The minimum atomic E-state index is 0.198. The summed E-state index contributed by atoms with van der Waals surface area (Å²) in [6, 6.07) is 2.45. The van der Waals surface area contributed by atoms with Gasteiger partial charge in [-0.25, -0.2) is 4.98 Å². The molecule has 0 aromatic carbocycles. The van der Waals surface area contributed by atoms with Crippen LogP contribution in [0.3, 0.4) is 0 Å². The van der Waals surface area contributed by atoms with Gasteiger partial charge in [0.2, 0.25) is 5.91 Å². The van der Waals surface area contributed by atoms with Crippen LogP contribution in [-0.2, 0) is 17.9 Å². The fourth-order valence-electron chi connectivity index (χ4n) is 3.28. The van der Waals surface area contributed by atoms with Gasteiger partial charge in [0.05, 0.1) is 18.1 Å². The molecule has 0 spiro atoms. The lowest BCUT2D eigenvalue weighted by Gasteiger charge is -2.34. The number of fused-ring (bicyclic) bond motifs is 1. The molecule has 2 aromatic rings. The molecule has 2 aromatic heterocycles. The highest BCUT2D eigenvalue weighted by atomic mass is 32.1. The van der Waals surface area contributed by atoms with Crippen LogP contribution in [0.25, 0.3) is 0 Å². The summed E-state index contributed by atoms with van der Waals surface area (Å²) in [4.78, 5) is 18.7. The highest BCUT2D eigenvalue weighted by Crippen LogP contribution is 2.32. The molecule has 0 saturated heterocycles. The summed E-state index contributed by atoms with van der Waals surface area (Å²) in [5.74, 6) is 0.837. The van der Waals surface area contributed by atoms with Crippen LogP contribution in [0.15, 0.2) is 29.4 Å². The fourth-order valence-corrected chi connectivity index (χ4v) is 3.93. The molecule has 1 atom stereocenters. The van der Waals surface area contributed by atoms with Crippen LogP contribution in [0.4, 0.5) is 0 Å². The normalized spacial score (nSPS) is 21.1. The van der Waals surface area contributed by atoms with Gasteiger partial charge in [0.25, 0.3) is 0 Å². The summed E-state index contributed by atoms with van der Waals surface area (Å²) in [7, 11) is 0. The van der Waals surface area contributed by atoms with Crippen LogP contribution in [0.5, 0.6) is 0 Å². The molecular formula is C17H22N4OS. The second-order valence-corrected chi connectivity index (χ2v) is 7.48. The zero-order valence-electron chi connectivity index (χ0n) is 13.1. The van der Waals surface area contributed by atoms with Gasteiger partial charge in [-0.3, -0.25) is 9.69 Å². The minimum absolute atomic E-state index is 0.198. The van der Waals surface area contributed by atoms with Crippen molar-refractivity contribution in [2.45, 2.75) is 38.4 Å². The van der Waals surface area contributed by atoms with E-state index in [1.165, 1.54) is 24.1 Å². The summed E-state index contributed by atoms with van der Waals surface area (Å²) in [5.41, 5.74) is 2.59. The number of imidazole rings is 1. The molecule has 3 heterocycles. The molecule has 0 radical (unpaired) electrons. The van der Waals surface area contributed by atoms with Gasteiger partial charge < -0.3 is 9.88 Å². The SMILES string of the molecule is O=C(CC1CC1)NCC1CN(Cc2ccsc2)Cc2cncn21. The van der Waals surface area contributed by atoms with Gasteiger partial charge in [-0.2, -0.15) is 11.3 Å². The molecule has 122 valence electrons. The Balaban J connectivity index is 1.39. The Hall–Kier alpha value is -1.66. The third-order valence-electron chi connectivity index (χ3n) is 4.69. The van der Waals surface area contributed by atoms with E-state index in [0.29, 0.717) is 18.9 Å². The summed E-state index contributed by atoms with van der Waals surface area (Å²) in [6.07, 6.45) is 6.98. The molecule has 1 fully saturated rings. The summed E-state index contributed by atoms with van der Waals surface area (Å²) in [6.45, 7) is 3.52. The maximum absolute atomic E-state index is 12.0. The predicted octanol–water partition coefficient (Wildman–Crippen LogP) is 2.42. The van der Waals surface area contributed by atoms with Crippen molar-refractivity contribution < 1.29 is 4.79 Å². The van der Waals surface area contributed by atoms with E-state index in [-0.39, 0.29) is 11.9 Å². The number of nitrogens with zero attached hydrogens (tertiary/aromatic N) is 3. The van der Waals surface area contributed by atoms with Gasteiger partial charge in [0.15, 0.2) is 0 Å². The number of hydrogen-bond donors (Lipinski definition) is 1. The van der Waals surface area contributed by atoms with Crippen molar-refractivity contribution >= 4 is 17.2 Å². The Morgan fingerprint density at radius 2 is 2.35 bits per heavy atom. The van der Waals surface area contributed by atoms with Crippen molar-refractivity contribution in [3.63, 3.8) is 0 Å². The Bertz CT molecular complexity index is 662. The number of rotatable bonds is 6. The van der Waals surface area contributed by atoms with Crippen molar-refractivity contribution in [3.05, 3.63) is 40.6 Å². The standard InChI is InChI=1S/C17H22N4OS/c22-17(5-13-1-2-13)19-7-16-10-20(8-14-3-4-23-11-14)9-15-6-18-12-21(15)16/h3-4,6,11-13,16H,1-2,5,7-10H2,(H,19,22). The second kappa shape index (κ2) is 6.45. The van der Waals surface area contributed by atoms with Crippen molar-refractivity contribution in [2.24, 2.45) is 5.92 Å². The maximum atomic E-state index is 12.0. The molecule has 23 heavy (non-hydrogen) atoms. The number of carbonyl (C=O) groups excluding carboxylic acids is 1. The first kappa shape index (κ1) is 14.9. The largest absolute Gasteiger partial charge is 0.354 e. The summed E-state index contributed by atoms with van der Waals surface area (Å²) in [5, 5.41) is 7.45. The number of thiophene rings is 1. The maximum Gasteiger partial charge on any atom is 0.220 e. The Labute approximate surface area is 140 Å². The Kier molecular flexibility index (Phi) is 4.18. The lowest BCUT2D eigenvalue weighted by molar-refractivity contribution is -0.121.